The van der Waals surface area contributed by atoms with Gasteiger partial charge in [0.1, 0.15) is 11.1 Å². The summed E-state index contributed by atoms with van der Waals surface area (Å²) in [6, 6.07) is 53.3. The Morgan fingerprint density at radius 2 is 0.710 bits per heavy atom. The molecule has 0 atom stereocenters. The highest BCUT2D eigenvalue weighted by atomic mass is 35.5. The first-order valence-corrected chi connectivity index (χ1v) is 22.4. The molecule has 6 rings (SSSR count). The maximum Gasteiger partial charge on any atom is 0.444 e. The van der Waals surface area contributed by atoms with Gasteiger partial charge in [-0.3, -0.25) is 4.99 Å². The maximum absolute atomic E-state index is 14.3. The van der Waals surface area contributed by atoms with Gasteiger partial charge in [-0.2, -0.15) is 26.3 Å². The Morgan fingerprint density at radius 1 is 0.449 bits per heavy atom. The number of benzene rings is 6. The molecule has 6 nitrogen and oxygen atoms in total. The Bertz CT molecular complexity index is 2360. The molecule has 69 heavy (non-hydrogen) atoms. The van der Waals surface area contributed by atoms with Gasteiger partial charge in [0.25, 0.3) is 0 Å². The third-order valence-corrected chi connectivity index (χ3v) is 10.2. The molecule has 0 heterocycles. The van der Waals surface area contributed by atoms with Crippen molar-refractivity contribution in [1.29, 1.82) is 0 Å². The first kappa shape index (κ1) is 55.1. The van der Waals surface area contributed by atoms with E-state index in [0.29, 0.717) is 46.6 Å². The Labute approximate surface area is 406 Å². The van der Waals surface area contributed by atoms with Gasteiger partial charge in [-0.1, -0.05) is 194 Å². The van der Waals surface area contributed by atoms with E-state index < -0.39 is 46.9 Å². The average molecular weight is 967 g/mol. The van der Waals surface area contributed by atoms with Crippen molar-refractivity contribution in [3.8, 4) is 24.2 Å². The molecule has 0 amide bonds. The van der Waals surface area contributed by atoms with Crippen molar-refractivity contribution in [3.63, 3.8) is 0 Å². The fourth-order valence-electron chi connectivity index (χ4n) is 7.01. The van der Waals surface area contributed by atoms with E-state index in [-0.39, 0.29) is 13.2 Å². The van der Waals surface area contributed by atoms with E-state index in [2.05, 4.69) is 27.7 Å². The Hall–Kier alpha value is -6.51. The first-order valence-electron chi connectivity index (χ1n) is 22.0. The zero-order valence-electron chi connectivity index (χ0n) is 38.6. The lowest BCUT2D eigenvalue weighted by Gasteiger charge is -2.32. The lowest BCUT2D eigenvalue weighted by molar-refractivity contribution is -0.0972. The molecule has 360 valence electrons. The standard InChI is InChI=1S/C28H26F3NO2.C21H15ClF3N.C7H12O2/c1-3-33-26(34-4-2)21-20-25(28(29,30)31)32-27(22-14-8-5-9-15-22,23-16-10-6-11-17-23)24-18-12-7-13-19-24;22-19(21(23,24)25)26-20(16-10-4-1-5-11-16,17-12-6-2-7-13-17)18-14-8-3-9-15-18;1-4-7(8-5-2)9-6-3/h5-19,26H,3-4H2,1-2H3;1-15H;1,7H,5-6H2,2-3H3. The predicted octanol–water partition coefficient (Wildman–Crippen LogP) is 13.6. The number of rotatable bonds is 16. The third kappa shape index (κ3) is 15.5. The van der Waals surface area contributed by atoms with Gasteiger partial charge >= 0.3 is 12.4 Å². The number of terminal acetylenes is 1. The van der Waals surface area contributed by atoms with Crippen LogP contribution in [0.3, 0.4) is 0 Å². The van der Waals surface area contributed by atoms with E-state index in [9.17, 15) is 26.3 Å². The van der Waals surface area contributed by atoms with Crippen LogP contribution in [0.4, 0.5) is 26.3 Å². The predicted molar refractivity (Wildman–Crippen MR) is 262 cm³/mol. The summed E-state index contributed by atoms with van der Waals surface area (Å²) < 4.78 is 103. The van der Waals surface area contributed by atoms with E-state index >= 15 is 0 Å². The maximum atomic E-state index is 14.3. The van der Waals surface area contributed by atoms with Crippen LogP contribution in [0.15, 0.2) is 192 Å². The molecule has 0 fully saturated rings. The lowest BCUT2D eigenvalue weighted by atomic mass is 9.77. The minimum absolute atomic E-state index is 0.250. The molecule has 0 radical (unpaired) electrons. The molecule has 0 saturated carbocycles. The lowest BCUT2D eigenvalue weighted by Crippen LogP contribution is -2.33. The SMILES string of the molecule is C#CC(OCC)OCC.CCOC(C#CC(=NC(c1ccccc1)(c1ccccc1)c1ccccc1)C(F)(F)F)OCC.FC(F)(F)C(Cl)=NC(c1ccccc1)(c1ccccc1)c1ccccc1. The Kier molecular flexibility index (Phi) is 21.9. The zero-order chi connectivity index (χ0) is 50.2. The topological polar surface area (TPSA) is 61.6 Å². The minimum Gasteiger partial charge on any atom is -0.342 e. The molecular formula is C56H53ClF6N2O4. The summed E-state index contributed by atoms with van der Waals surface area (Å²) >= 11 is 5.62. The molecular weight excluding hydrogens is 914 g/mol. The molecule has 0 bridgehead atoms. The van der Waals surface area contributed by atoms with Crippen molar-refractivity contribution in [2.24, 2.45) is 9.98 Å². The number of hydrogen-bond donors (Lipinski definition) is 0. The van der Waals surface area contributed by atoms with Crippen LogP contribution >= 0.6 is 11.6 Å². The van der Waals surface area contributed by atoms with Crippen molar-refractivity contribution in [2.45, 2.75) is 63.7 Å². The van der Waals surface area contributed by atoms with Gasteiger partial charge in [0.2, 0.25) is 17.8 Å². The van der Waals surface area contributed by atoms with E-state index in [1.165, 1.54) is 0 Å². The fraction of sp³-hybridized carbons (Fsp3) is 0.250. The van der Waals surface area contributed by atoms with Crippen molar-refractivity contribution in [2.75, 3.05) is 26.4 Å². The largest absolute Gasteiger partial charge is 0.444 e. The normalized spacial score (nSPS) is 12.2. The zero-order valence-corrected chi connectivity index (χ0v) is 39.3. The van der Waals surface area contributed by atoms with Crippen molar-refractivity contribution in [1.82, 2.24) is 0 Å². The molecule has 0 aliphatic carbocycles. The Balaban J connectivity index is 0.000000261. The highest BCUT2D eigenvalue weighted by Gasteiger charge is 2.44. The summed E-state index contributed by atoms with van der Waals surface area (Å²) in [6.45, 7) is 8.88. The van der Waals surface area contributed by atoms with Crippen molar-refractivity contribution >= 4 is 22.5 Å². The second kappa shape index (κ2) is 27.5. The average Bonchev–Trinajstić information content (AvgIpc) is 3.37. The summed E-state index contributed by atoms with van der Waals surface area (Å²) in [5.41, 5.74) is -0.550. The van der Waals surface area contributed by atoms with Crippen LogP contribution in [0.2, 0.25) is 0 Å². The van der Waals surface area contributed by atoms with Gasteiger partial charge in [-0.05, 0) is 78.8 Å². The van der Waals surface area contributed by atoms with Gasteiger partial charge < -0.3 is 18.9 Å². The Morgan fingerprint density at radius 3 is 0.942 bits per heavy atom. The highest BCUT2D eigenvalue weighted by Crippen LogP contribution is 2.43. The first-order chi connectivity index (χ1) is 33.2. The van der Waals surface area contributed by atoms with E-state index in [0.717, 1.165) is 0 Å². The molecule has 0 aromatic heterocycles. The number of hydrogen-bond acceptors (Lipinski definition) is 6. The molecule has 0 aliphatic heterocycles. The van der Waals surface area contributed by atoms with Crippen LogP contribution in [0.5, 0.6) is 0 Å². The van der Waals surface area contributed by atoms with Crippen LogP contribution in [-0.2, 0) is 30.0 Å². The summed E-state index contributed by atoms with van der Waals surface area (Å²) in [5, 5.41) is -1.39. The van der Waals surface area contributed by atoms with Crippen molar-refractivity contribution < 1.29 is 45.3 Å². The second-order valence-corrected chi connectivity index (χ2v) is 14.8. The number of ether oxygens (including phenoxy) is 4. The number of aliphatic imine (C=N–C) groups is 2. The quantitative estimate of drug-likeness (QED) is 0.0319. The van der Waals surface area contributed by atoms with E-state index in [1.54, 1.807) is 178 Å². The summed E-state index contributed by atoms with van der Waals surface area (Å²) in [6.07, 6.45) is -6.02. The molecule has 0 aliphatic rings. The van der Waals surface area contributed by atoms with Gasteiger partial charge in [-0.25, -0.2) is 4.99 Å². The van der Waals surface area contributed by atoms with Gasteiger partial charge in [-0.15, -0.1) is 6.42 Å². The number of halogens is 7. The van der Waals surface area contributed by atoms with Gasteiger partial charge in [0.05, 0.1) is 0 Å². The van der Waals surface area contributed by atoms with Crippen LogP contribution in [-0.4, -0.2) is 62.2 Å². The molecule has 0 spiro atoms. The van der Waals surface area contributed by atoms with Crippen molar-refractivity contribution in [3.05, 3.63) is 215 Å². The second-order valence-electron chi connectivity index (χ2n) is 14.4. The molecule has 13 heteroatoms. The van der Waals surface area contributed by atoms with E-state index in [4.69, 9.17) is 37.0 Å². The smallest absolute Gasteiger partial charge is 0.342 e. The highest BCUT2D eigenvalue weighted by molar-refractivity contribution is 6.66. The molecule has 0 unspecified atom stereocenters. The number of alkyl halides is 6. The van der Waals surface area contributed by atoms with Crippen LogP contribution in [0.25, 0.3) is 0 Å². The fourth-order valence-corrected chi connectivity index (χ4v) is 7.14. The van der Waals surface area contributed by atoms with E-state index in [1.807, 2.05) is 32.0 Å². The monoisotopic (exact) mass is 966 g/mol. The third-order valence-electron chi connectivity index (χ3n) is 9.91. The molecule has 0 saturated heterocycles. The summed E-state index contributed by atoms with van der Waals surface area (Å²) in [4.78, 5) is 8.44. The van der Waals surface area contributed by atoms with Crippen LogP contribution in [0.1, 0.15) is 61.1 Å². The molecule has 0 N–H and O–H groups in total. The van der Waals surface area contributed by atoms with Gasteiger partial charge in [0.15, 0.2) is 5.71 Å². The van der Waals surface area contributed by atoms with Crippen LogP contribution in [0, 0.1) is 24.2 Å². The van der Waals surface area contributed by atoms with Crippen LogP contribution < -0.4 is 0 Å². The number of nitrogens with zero attached hydrogens (tertiary/aromatic N) is 2. The summed E-state index contributed by atoms with van der Waals surface area (Å²) in [7, 11) is 0. The molecule has 6 aromatic rings. The minimum atomic E-state index is -4.79. The summed E-state index contributed by atoms with van der Waals surface area (Å²) in [5.74, 6) is 7.04. The molecule has 6 aromatic carbocycles. The van der Waals surface area contributed by atoms with Gasteiger partial charge in [0, 0.05) is 26.4 Å².